The van der Waals surface area contributed by atoms with Gasteiger partial charge >= 0.3 is 5.97 Å². The third-order valence-corrected chi connectivity index (χ3v) is 5.23. The second-order valence-corrected chi connectivity index (χ2v) is 9.67. The van der Waals surface area contributed by atoms with E-state index in [2.05, 4.69) is 28.9 Å². The predicted octanol–water partition coefficient (Wildman–Crippen LogP) is 5.56. The first-order chi connectivity index (χ1) is 16.7. The molecule has 35 heavy (non-hydrogen) atoms. The normalized spacial score (nSPS) is 11.5. The Morgan fingerprint density at radius 3 is 2.06 bits per heavy atom. The zero-order chi connectivity index (χ0) is 25.3. The molecule has 0 aliphatic heterocycles. The number of esters is 1. The van der Waals surface area contributed by atoms with Crippen molar-refractivity contribution in [2.45, 2.75) is 59.1 Å². The van der Waals surface area contributed by atoms with Gasteiger partial charge in [-0.3, -0.25) is 0 Å². The van der Waals surface area contributed by atoms with Crippen molar-refractivity contribution in [3.05, 3.63) is 60.7 Å². The van der Waals surface area contributed by atoms with Gasteiger partial charge in [0.2, 0.25) is 5.95 Å². The lowest BCUT2D eigenvalue weighted by Gasteiger charge is -2.27. The van der Waals surface area contributed by atoms with E-state index < -0.39 is 5.60 Å². The van der Waals surface area contributed by atoms with E-state index in [1.54, 1.807) is 0 Å². The maximum Gasteiger partial charge on any atom is 0.332 e. The molecular formula is C28H36N4O3. The van der Waals surface area contributed by atoms with Gasteiger partial charge in [-0.05, 0) is 47.5 Å². The Labute approximate surface area is 208 Å². The largest absolute Gasteiger partial charge is 0.458 e. The van der Waals surface area contributed by atoms with E-state index in [-0.39, 0.29) is 18.6 Å². The first kappa shape index (κ1) is 26.3. The van der Waals surface area contributed by atoms with Gasteiger partial charge in [-0.25, -0.2) is 9.78 Å². The lowest BCUT2D eigenvalue weighted by Crippen LogP contribution is -2.34. The summed E-state index contributed by atoms with van der Waals surface area (Å²) in [4.78, 5) is 18.9. The Balaban J connectivity index is 1.68. The molecule has 1 heterocycles. The third-order valence-electron chi connectivity index (χ3n) is 5.23. The lowest BCUT2D eigenvalue weighted by molar-refractivity contribution is -0.160. The molecule has 7 heteroatoms. The van der Waals surface area contributed by atoms with E-state index in [1.807, 2.05) is 81.4 Å². The Bertz CT molecular complexity index is 1070. The summed E-state index contributed by atoms with van der Waals surface area (Å²) in [7, 11) is 0. The monoisotopic (exact) mass is 476 g/mol. The van der Waals surface area contributed by atoms with Crippen LogP contribution in [0.25, 0.3) is 22.5 Å². The van der Waals surface area contributed by atoms with Crippen molar-refractivity contribution in [1.82, 2.24) is 15.2 Å². The van der Waals surface area contributed by atoms with E-state index >= 15 is 0 Å². The second kappa shape index (κ2) is 12.4. The molecule has 0 bridgehead atoms. The molecule has 3 aromatic rings. The SMILES string of the molecule is CC(C)N(CCCCOCC(=O)OC(C)(C)C)c1nnc(-c2ccccc2)c(-c2ccccc2)n1. The fraction of sp³-hybridized carbons (Fsp3) is 0.429. The van der Waals surface area contributed by atoms with Crippen molar-refractivity contribution < 1.29 is 14.3 Å². The van der Waals surface area contributed by atoms with Crippen LogP contribution in [-0.4, -0.2) is 52.6 Å². The summed E-state index contributed by atoms with van der Waals surface area (Å²) in [6.45, 7) is 11.0. The van der Waals surface area contributed by atoms with Gasteiger partial charge in [0, 0.05) is 30.3 Å². The van der Waals surface area contributed by atoms with Gasteiger partial charge in [-0.1, -0.05) is 60.7 Å². The number of nitrogens with zero attached hydrogens (tertiary/aromatic N) is 4. The summed E-state index contributed by atoms with van der Waals surface area (Å²) in [5.74, 6) is 0.265. The lowest BCUT2D eigenvalue weighted by atomic mass is 10.0. The predicted molar refractivity (Wildman–Crippen MR) is 139 cm³/mol. The zero-order valence-corrected chi connectivity index (χ0v) is 21.4. The zero-order valence-electron chi connectivity index (χ0n) is 21.4. The van der Waals surface area contributed by atoms with Gasteiger partial charge in [0.25, 0.3) is 0 Å². The number of ether oxygens (including phenoxy) is 2. The summed E-state index contributed by atoms with van der Waals surface area (Å²) < 4.78 is 10.8. The molecule has 3 rings (SSSR count). The summed E-state index contributed by atoms with van der Waals surface area (Å²) in [5, 5.41) is 9.11. The topological polar surface area (TPSA) is 77.4 Å². The van der Waals surface area contributed by atoms with Crippen molar-refractivity contribution in [2.24, 2.45) is 0 Å². The molecule has 0 spiro atoms. The van der Waals surface area contributed by atoms with Crippen LogP contribution < -0.4 is 4.90 Å². The molecule has 0 unspecified atom stereocenters. The molecule has 1 aromatic heterocycles. The van der Waals surface area contributed by atoms with Gasteiger partial charge in [0.05, 0.1) is 0 Å². The number of anilines is 1. The minimum absolute atomic E-state index is 0.0282. The highest BCUT2D eigenvalue weighted by molar-refractivity contribution is 5.78. The fourth-order valence-electron chi connectivity index (χ4n) is 3.63. The van der Waals surface area contributed by atoms with Crippen LogP contribution in [0.2, 0.25) is 0 Å². The number of rotatable bonds is 11. The van der Waals surface area contributed by atoms with Crippen molar-refractivity contribution in [3.63, 3.8) is 0 Å². The molecular weight excluding hydrogens is 440 g/mol. The molecule has 186 valence electrons. The molecule has 0 amide bonds. The summed E-state index contributed by atoms with van der Waals surface area (Å²) in [5.41, 5.74) is 3.06. The van der Waals surface area contributed by atoms with Crippen molar-refractivity contribution >= 4 is 11.9 Å². The molecule has 0 saturated carbocycles. The molecule has 0 radical (unpaired) electrons. The minimum Gasteiger partial charge on any atom is -0.458 e. The molecule has 0 saturated heterocycles. The molecule has 0 aliphatic carbocycles. The Morgan fingerprint density at radius 2 is 1.49 bits per heavy atom. The van der Waals surface area contributed by atoms with Crippen LogP contribution in [0.15, 0.2) is 60.7 Å². The van der Waals surface area contributed by atoms with Crippen molar-refractivity contribution in [3.8, 4) is 22.5 Å². The van der Waals surface area contributed by atoms with E-state index in [0.29, 0.717) is 12.6 Å². The maximum absolute atomic E-state index is 11.8. The van der Waals surface area contributed by atoms with Crippen LogP contribution in [0, 0.1) is 0 Å². The smallest absolute Gasteiger partial charge is 0.332 e. The Hall–Kier alpha value is -3.32. The molecule has 7 nitrogen and oxygen atoms in total. The van der Waals surface area contributed by atoms with Crippen LogP contribution in [-0.2, 0) is 14.3 Å². The summed E-state index contributed by atoms with van der Waals surface area (Å²) in [6.07, 6.45) is 1.68. The number of aromatic nitrogens is 3. The number of unbranched alkanes of at least 4 members (excludes halogenated alkanes) is 1. The molecule has 0 N–H and O–H groups in total. The minimum atomic E-state index is -0.499. The van der Waals surface area contributed by atoms with E-state index in [0.717, 1.165) is 41.9 Å². The van der Waals surface area contributed by atoms with Gasteiger partial charge in [-0.15, -0.1) is 10.2 Å². The highest BCUT2D eigenvalue weighted by Gasteiger charge is 2.19. The molecule has 0 fully saturated rings. The standard InChI is InChI=1S/C28H36N4O3/c1-21(2)32(18-12-13-19-34-20-24(33)35-28(3,4)5)27-29-25(22-14-8-6-9-15-22)26(30-31-27)23-16-10-7-11-17-23/h6-11,14-17,21H,12-13,18-20H2,1-5H3. The van der Waals surface area contributed by atoms with Gasteiger partial charge in [0.1, 0.15) is 23.6 Å². The molecule has 2 aromatic carbocycles. The van der Waals surface area contributed by atoms with Crippen LogP contribution in [0.1, 0.15) is 47.5 Å². The second-order valence-electron chi connectivity index (χ2n) is 9.67. The van der Waals surface area contributed by atoms with Crippen LogP contribution in [0.4, 0.5) is 5.95 Å². The average molecular weight is 477 g/mol. The van der Waals surface area contributed by atoms with Crippen molar-refractivity contribution in [2.75, 3.05) is 24.7 Å². The third kappa shape index (κ3) is 8.14. The van der Waals surface area contributed by atoms with Gasteiger partial charge in [0.15, 0.2) is 0 Å². The number of benzene rings is 2. The molecule has 0 atom stereocenters. The number of hydrogen-bond donors (Lipinski definition) is 0. The van der Waals surface area contributed by atoms with Gasteiger partial charge < -0.3 is 14.4 Å². The van der Waals surface area contributed by atoms with Crippen LogP contribution in [0.5, 0.6) is 0 Å². The quantitative estimate of drug-likeness (QED) is 0.265. The summed E-state index contributed by atoms with van der Waals surface area (Å²) >= 11 is 0. The fourth-order valence-corrected chi connectivity index (χ4v) is 3.63. The average Bonchev–Trinajstić information content (AvgIpc) is 2.83. The first-order valence-corrected chi connectivity index (χ1v) is 12.2. The number of hydrogen-bond acceptors (Lipinski definition) is 7. The number of carbonyl (C=O) groups is 1. The summed E-state index contributed by atoms with van der Waals surface area (Å²) in [6, 6.07) is 20.3. The highest BCUT2D eigenvalue weighted by Crippen LogP contribution is 2.29. The van der Waals surface area contributed by atoms with Crippen molar-refractivity contribution in [1.29, 1.82) is 0 Å². The van der Waals surface area contributed by atoms with E-state index in [9.17, 15) is 4.79 Å². The highest BCUT2D eigenvalue weighted by atomic mass is 16.6. The first-order valence-electron chi connectivity index (χ1n) is 12.2. The van der Waals surface area contributed by atoms with Crippen LogP contribution in [0.3, 0.4) is 0 Å². The van der Waals surface area contributed by atoms with E-state index in [1.165, 1.54) is 0 Å². The molecule has 0 aliphatic rings. The van der Waals surface area contributed by atoms with E-state index in [4.69, 9.17) is 14.5 Å². The Morgan fingerprint density at radius 1 is 0.886 bits per heavy atom. The Kier molecular flexibility index (Phi) is 9.32. The maximum atomic E-state index is 11.8. The number of carbonyl (C=O) groups excluding carboxylic acids is 1. The van der Waals surface area contributed by atoms with Gasteiger partial charge in [-0.2, -0.15) is 0 Å². The van der Waals surface area contributed by atoms with Crippen LogP contribution >= 0.6 is 0 Å².